The Balaban J connectivity index is 2.54. The van der Waals surface area contributed by atoms with Crippen LogP contribution in [0.4, 0.5) is 0 Å². The minimum atomic E-state index is -0.620. The van der Waals surface area contributed by atoms with Gasteiger partial charge in [0.15, 0.2) is 0 Å². The Hall–Kier alpha value is -0.670. The van der Waals surface area contributed by atoms with Crippen LogP contribution in [0.3, 0.4) is 0 Å². The molecule has 0 saturated heterocycles. The molecule has 0 saturated carbocycles. The molecule has 16 heavy (non-hydrogen) atoms. The van der Waals surface area contributed by atoms with Gasteiger partial charge in [-0.1, -0.05) is 13.8 Å². The highest BCUT2D eigenvalue weighted by atomic mass is 32.2. The van der Waals surface area contributed by atoms with Crippen molar-refractivity contribution in [2.24, 2.45) is 5.92 Å². The minimum Gasteiger partial charge on any atom is -0.497 e. The van der Waals surface area contributed by atoms with E-state index >= 15 is 0 Å². The van der Waals surface area contributed by atoms with Gasteiger partial charge in [-0.2, -0.15) is 0 Å². The molecule has 0 aliphatic heterocycles. The van der Waals surface area contributed by atoms with Gasteiger partial charge in [-0.15, -0.1) is 11.8 Å². The third-order valence-corrected chi connectivity index (χ3v) is 4.17. The highest BCUT2D eigenvalue weighted by Gasteiger charge is 2.24. The van der Waals surface area contributed by atoms with Crippen molar-refractivity contribution in [3.63, 3.8) is 0 Å². The number of rotatable bonds is 5. The Morgan fingerprint density at radius 2 is 1.88 bits per heavy atom. The summed E-state index contributed by atoms with van der Waals surface area (Å²) in [4.78, 5) is 1.15. The summed E-state index contributed by atoms with van der Waals surface area (Å²) in [5.41, 5.74) is -0.620. The predicted octanol–water partition coefficient (Wildman–Crippen LogP) is 3.19. The quantitative estimate of drug-likeness (QED) is 0.801. The molecule has 0 aromatic heterocycles. The van der Waals surface area contributed by atoms with Crippen LogP contribution >= 0.6 is 11.8 Å². The van der Waals surface area contributed by atoms with Gasteiger partial charge in [0.05, 0.1) is 12.7 Å². The zero-order valence-electron chi connectivity index (χ0n) is 10.4. The lowest BCUT2D eigenvalue weighted by Gasteiger charge is -2.27. The second-order valence-corrected chi connectivity index (χ2v) is 5.52. The lowest BCUT2D eigenvalue weighted by Crippen LogP contribution is -2.33. The summed E-state index contributed by atoms with van der Waals surface area (Å²) < 4.78 is 5.09. The van der Waals surface area contributed by atoms with Crippen LogP contribution in [0.1, 0.15) is 20.8 Å². The highest BCUT2D eigenvalue weighted by Crippen LogP contribution is 2.28. The minimum absolute atomic E-state index is 0.262. The number of benzene rings is 1. The molecule has 1 N–H and O–H groups in total. The zero-order chi connectivity index (χ0) is 12.2. The summed E-state index contributed by atoms with van der Waals surface area (Å²) in [6, 6.07) is 7.90. The summed E-state index contributed by atoms with van der Waals surface area (Å²) in [5, 5.41) is 10.1. The fraction of sp³-hybridized carbons (Fsp3) is 0.538. The number of hydrogen-bond acceptors (Lipinski definition) is 3. The Labute approximate surface area is 102 Å². The molecule has 90 valence electrons. The first-order valence-electron chi connectivity index (χ1n) is 5.45. The van der Waals surface area contributed by atoms with Crippen molar-refractivity contribution in [2.75, 3.05) is 12.9 Å². The van der Waals surface area contributed by atoms with Crippen molar-refractivity contribution >= 4 is 11.8 Å². The lowest BCUT2D eigenvalue weighted by atomic mass is 9.95. The van der Waals surface area contributed by atoms with Gasteiger partial charge in [0.25, 0.3) is 0 Å². The van der Waals surface area contributed by atoms with Crippen LogP contribution in [0.15, 0.2) is 29.2 Å². The van der Waals surface area contributed by atoms with E-state index in [4.69, 9.17) is 4.74 Å². The van der Waals surface area contributed by atoms with Crippen molar-refractivity contribution in [2.45, 2.75) is 31.3 Å². The number of thioether (sulfide) groups is 1. The first kappa shape index (κ1) is 13.4. The van der Waals surface area contributed by atoms with Crippen LogP contribution < -0.4 is 4.74 Å². The van der Waals surface area contributed by atoms with E-state index in [2.05, 4.69) is 0 Å². The van der Waals surface area contributed by atoms with E-state index in [1.165, 1.54) is 0 Å². The Bertz CT molecular complexity index is 317. The van der Waals surface area contributed by atoms with E-state index in [0.29, 0.717) is 5.75 Å². The van der Waals surface area contributed by atoms with Crippen LogP contribution in [0.2, 0.25) is 0 Å². The van der Waals surface area contributed by atoms with Gasteiger partial charge in [-0.3, -0.25) is 0 Å². The fourth-order valence-electron chi connectivity index (χ4n) is 1.07. The van der Waals surface area contributed by atoms with Crippen LogP contribution in [-0.2, 0) is 0 Å². The third kappa shape index (κ3) is 3.72. The summed E-state index contributed by atoms with van der Waals surface area (Å²) in [5.74, 6) is 1.83. The molecule has 0 heterocycles. The smallest absolute Gasteiger partial charge is 0.118 e. The topological polar surface area (TPSA) is 29.5 Å². The molecule has 3 heteroatoms. The summed E-state index contributed by atoms with van der Waals surface area (Å²) in [6.07, 6.45) is 0. The molecular formula is C13H20O2S. The first-order chi connectivity index (χ1) is 7.45. The van der Waals surface area contributed by atoms with Gasteiger partial charge in [-0.05, 0) is 37.1 Å². The number of hydrogen-bond donors (Lipinski definition) is 1. The largest absolute Gasteiger partial charge is 0.497 e. The molecule has 0 aliphatic rings. The van der Waals surface area contributed by atoms with Gasteiger partial charge in [-0.25, -0.2) is 0 Å². The molecule has 1 aromatic carbocycles. The van der Waals surface area contributed by atoms with Crippen molar-refractivity contribution in [3.05, 3.63) is 24.3 Å². The molecule has 2 nitrogen and oxygen atoms in total. The SMILES string of the molecule is COc1ccc(SCC(C)(O)C(C)C)cc1. The summed E-state index contributed by atoms with van der Waals surface area (Å²) in [7, 11) is 1.66. The molecule has 0 bridgehead atoms. The van der Waals surface area contributed by atoms with Crippen LogP contribution in [-0.4, -0.2) is 23.6 Å². The Kier molecular flexibility index (Phi) is 4.69. The average molecular weight is 240 g/mol. The van der Waals surface area contributed by atoms with E-state index in [0.717, 1.165) is 10.6 Å². The van der Waals surface area contributed by atoms with E-state index < -0.39 is 5.60 Å². The van der Waals surface area contributed by atoms with Gasteiger partial charge >= 0.3 is 0 Å². The Morgan fingerprint density at radius 1 is 1.31 bits per heavy atom. The maximum absolute atomic E-state index is 10.1. The maximum Gasteiger partial charge on any atom is 0.118 e. The first-order valence-corrected chi connectivity index (χ1v) is 6.43. The molecule has 0 aliphatic carbocycles. The van der Waals surface area contributed by atoms with E-state index in [1.54, 1.807) is 18.9 Å². The fourth-order valence-corrected chi connectivity index (χ4v) is 2.19. The number of aliphatic hydroxyl groups is 1. The molecule has 1 atom stereocenters. The highest BCUT2D eigenvalue weighted by molar-refractivity contribution is 7.99. The van der Waals surface area contributed by atoms with Crippen LogP contribution in [0, 0.1) is 5.92 Å². The third-order valence-electron chi connectivity index (χ3n) is 2.83. The van der Waals surface area contributed by atoms with Crippen molar-refractivity contribution in [3.8, 4) is 5.75 Å². The van der Waals surface area contributed by atoms with Gasteiger partial charge in [0.2, 0.25) is 0 Å². The zero-order valence-corrected chi connectivity index (χ0v) is 11.2. The molecule has 0 spiro atoms. The van der Waals surface area contributed by atoms with Crippen molar-refractivity contribution in [1.82, 2.24) is 0 Å². The average Bonchev–Trinajstić information content (AvgIpc) is 2.27. The predicted molar refractivity (Wildman–Crippen MR) is 69.2 cm³/mol. The molecule has 0 fully saturated rings. The normalized spacial score (nSPS) is 14.9. The van der Waals surface area contributed by atoms with Crippen LogP contribution in [0.25, 0.3) is 0 Å². The standard InChI is InChI=1S/C13H20O2S/c1-10(2)13(3,14)9-16-12-7-5-11(15-4)6-8-12/h5-8,10,14H,9H2,1-4H3. The van der Waals surface area contributed by atoms with Gasteiger partial charge in [0.1, 0.15) is 5.75 Å². The number of ether oxygens (including phenoxy) is 1. The summed E-state index contributed by atoms with van der Waals surface area (Å²) in [6.45, 7) is 5.96. The summed E-state index contributed by atoms with van der Waals surface area (Å²) >= 11 is 1.67. The second-order valence-electron chi connectivity index (χ2n) is 4.48. The maximum atomic E-state index is 10.1. The van der Waals surface area contributed by atoms with Crippen molar-refractivity contribution in [1.29, 1.82) is 0 Å². The van der Waals surface area contributed by atoms with Crippen molar-refractivity contribution < 1.29 is 9.84 Å². The van der Waals surface area contributed by atoms with Crippen LogP contribution in [0.5, 0.6) is 5.75 Å². The van der Waals surface area contributed by atoms with E-state index in [1.807, 2.05) is 45.0 Å². The Morgan fingerprint density at radius 3 is 2.31 bits per heavy atom. The van der Waals surface area contributed by atoms with Gasteiger partial charge < -0.3 is 9.84 Å². The second kappa shape index (κ2) is 5.60. The molecule has 1 aromatic rings. The van der Waals surface area contributed by atoms with E-state index in [-0.39, 0.29) is 5.92 Å². The monoisotopic (exact) mass is 240 g/mol. The molecule has 1 unspecified atom stereocenters. The van der Waals surface area contributed by atoms with E-state index in [9.17, 15) is 5.11 Å². The molecule has 0 radical (unpaired) electrons. The molecule has 1 rings (SSSR count). The lowest BCUT2D eigenvalue weighted by molar-refractivity contribution is 0.0376. The van der Waals surface area contributed by atoms with Gasteiger partial charge in [0, 0.05) is 10.6 Å². The number of methoxy groups -OCH3 is 1. The molecule has 0 amide bonds. The molecular weight excluding hydrogens is 220 g/mol.